The molecule has 0 nitrogen and oxygen atoms in total. The van der Waals surface area contributed by atoms with Crippen LogP contribution < -0.4 is 0 Å². The summed E-state index contributed by atoms with van der Waals surface area (Å²) in [6.45, 7) is 4.63. The van der Waals surface area contributed by atoms with E-state index in [0.717, 1.165) is 0 Å². The number of rotatable bonds is 4. The summed E-state index contributed by atoms with van der Waals surface area (Å²) in [5.41, 5.74) is 0.462. The third-order valence-electron chi connectivity index (χ3n) is 2.68. The van der Waals surface area contributed by atoms with Crippen molar-refractivity contribution >= 4 is 0 Å². The van der Waals surface area contributed by atoms with Crippen molar-refractivity contribution in [2.75, 3.05) is 0 Å². The number of hydrogen-bond donors (Lipinski definition) is 0. The molecule has 0 aliphatic heterocycles. The average molecular weight is 164 g/mol. The van der Waals surface area contributed by atoms with Crippen LogP contribution in [0.4, 0.5) is 0 Å². The van der Waals surface area contributed by atoms with Crippen LogP contribution in [-0.2, 0) is 0 Å². The Morgan fingerprint density at radius 2 is 2.08 bits per heavy atom. The van der Waals surface area contributed by atoms with Gasteiger partial charge in [0, 0.05) is 0 Å². The molecule has 0 saturated heterocycles. The van der Waals surface area contributed by atoms with Crippen molar-refractivity contribution in [1.82, 2.24) is 0 Å². The van der Waals surface area contributed by atoms with Gasteiger partial charge in [-0.05, 0) is 18.3 Å². The van der Waals surface area contributed by atoms with Gasteiger partial charge in [0.1, 0.15) is 0 Å². The summed E-state index contributed by atoms with van der Waals surface area (Å²) in [5, 5.41) is 0. The lowest BCUT2D eigenvalue weighted by molar-refractivity contribution is 0.374. The lowest BCUT2D eigenvalue weighted by Crippen LogP contribution is -2.13. The zero-order valence-corrected chi connectivity index (χ0v) is 8.34. The highest BCUT2D eigenvalue weighted by atomic mass is 14.2. The average Bonchev–Trinajstić information content (AvgIpc) is 2.06. The molecule has 0 amide bonds. The van der Waals surface area contributed by atoms with Crippen LogP contribution in [0.2, 0.25) is 0 Å². The minimum Gasteiger partial charge on any atom is -0.0837 e. The van der Waals surface area contributed by atoms with Gasteiger partial charge in [-0.1, -0.05) is 57.4 Å². The molecule has 0 N–H and O–H groups in total. The van der Waals surface area contributed by atoms with Gasteiger partial charge in [-0.3, -0.25) is 0 Å². The molecule has 0 aromatic rings. The van der Waals surface area contributed by atoms with Crippen LogP contribution in [0.1, 0.15) is 46.0 Å². The Hall–Kier alpha value is -0.520. The quantitative estimate of drug-likeness (QED) is 0.549. The summed E-state index contributed by atoms with van der Waals surface area (Å²) in [7, 11) is 0. The van der Waals surface area contributed by atoms with Crippen LogP contribution in [0.3, 0.4) is 0 Å². The van der Waals surface area contributed by atoms with E-state index in [-0.39, 0.29) is 0 Å². The van der Waals surface area contributed by atoms with E-state index in [4.69, 9.17) is 0 Å². The summed E-state index contributed by atoms with van der Waals surface area (Å²) < 4.78 is 0. The molecule has 0 bridgehead atoms. The fraction of sp³-hybridized carbons (Fsp3) is 0.667. The number of hydrogen-bond acceptors (Lipinski definition) is 0. The molecule has 1 atom stereocenters. The first kappa shape index (κ1) is 9.57. The zero-order chi connectivity index (χ0) is 8.86. The van der Waals surface area contributed by atoms with Crippen LogP contribution in [0.5, 0.6) is 0 Å². The second kappa shape index (κ2) is 4.49. The van der Waals surface area contributed by atoms with E-state index in [1.165, 1.54) is 32.1 Å². The van der Waals surface area contributed by atoms with Crippen LogP contribution in [0.15, 0.2) is 24.3 Å². The minimum absolute atomic E-state index is 0.462. The van der Waals surface area contributed by atoms with E-state index in [0.29, 0.717) is 5.41 Å². The van der Waals surface area contributed by atoms with E-state index < -0.39 is 0 Å². The molecule has 0 fully saturated rings. The topological polar surface area (TPSA) is 0 Å². The molecule has 0 spiro atoms. The molecule has 68 valence electrons. The normalized spacial score (nSPS) is 27.8. The number of allylic oxidation sites excluding steroid dienone is 4. The van der Waals surface area contributed by atoms with Crippen LogP contribution in [0.25, 0.3) is 0 Å². The van der Waals surface area contributed by atoms with Crippen LogP contribution in [0, 0.1) is 5.41 Å². The van der Waals surface area contributed by atoms with Gasteiger partial charge in [-0.25, -0.2) is 0 Å². The molecular weight excluding hydrogens is 144 g/mol. The van der Waals surface area contributed by atoms with Crippen molar-refractivity contribution in [2.45, 2.75) is 46.0 Å². The maximum atomic E-state index is 2.36. The smallest absolute Gasteiger partial charge is 0.0109 e. The van der Waals surface area contributed by atoms with Crippen molar-refractivity contribution in [3.05, 3.63) is 24.3 Å². The Labute approximate surface area is 76.4 Å². The Kier molecular flexibility index (Phi) is 3.58. The fourth-order valence-corrected chi connectivity index (χ4v) is 1.74. The first-order chi connectivity index (χ1) is 5.77. The number of unbranched alkanes of at least 4 members (excludes halogenated alkanes) is 2. The highest BCUT2D eigenvalue weighted by molar-refractivity contribution is 5.15. The molecule has 1 aliphatic rings. The predicted octanol–water partition coefficient (Wildman–Crippen LogP) is 4.09. The minimum atomic E-state index is 0.462. The molecule has 0 aromatic heterocycles. The van der Waals surface area contributed by atoms with Gasteiger partial charge in [0.2, 0.25) is 0 Å². The molecule has 1 unspecified atom stereocenters. The van der Waals surface area contributed by atoms with Gasteiger partial charge in [0.25, 0.3) is 0 Å². The standard InChI is InChI=1S/C12H20/c1-3-4-6-9-12(2)10-7-5-8-11-12/h5,7-8,10H,3-4,6,9,11H2,1-2H3. The second-order valence-corrected chi connectivity index (χ2v) is 4.10. The van der Waals surface area contributed by atoms with Crippen molar-refractivity contribution in [3.63, 3.8) is 0 Å². The van der Waals surface area contributed by atoms with Gasteiger partial charge >= 0.3 is 0 Å². The maximum Gasteiger partial charge on any atom is -0.0109 e. The van der Waals surface area contributed by atoms with Crippen molar-refractivity contribution in [1.29, 1.82) is 0 Å². The molecule has 1 rings (SSSR count). The van der Waals surface area contributed by atoms with Crippen molar-refractivity contribution in [3.8, 4) is 0 Å². The van der Waals surface area contributed by atoms with Crippen molar-refractivity contribution < 1.29 is 0 Å². The summed E-state index contributed by atoms with van der Waals surface area (Å²) >= 11 is 0. The van der Waals surface area contributed by atoms with E-state index >= 15 is 0 Å². The van der Waals surface area contributed by atoms with E-state index in [9.17, 15) is 0 Å². The third-order valence-corrected chi connectivity index (χ3v) is 2.68. The molecular formula is C12H20. The highest BCUT2D eigenvalue weighted by Crippen LogP contribution is 2.32. The van der Waals surface area contributed by atoms with Gasteiger partial charge in [0.05, 0.1) is 0 Å². The monoisotopic (exact) mass is 164 g/mol. The third kappa shape index (κ3) is 2.84. The van der Waals surface area contributed by atoms with Gasteiger partial charge in [-0.2, -0.15) is 0 Å². The molecule has 1 aliphatic carbocycles. The SMILES string of the molecule is CCCCCC1(C)C=CC=CC1. The summed E-state index contributed by atoms with van der Waals surface area (Å²) in [6, 6.07) is 0. The first-order valence-electron chi connectivity index (χ1n) is 5.11. The van der Waals surface area contributed by atoms with E-state index in [1.54, 1.807) is 0 Å². The second-order valence-electron chi connectivity index (χ2n) is 4.10. The van der Waals surface area contributed by atoms with Gasteiger partial charge in [0.15, 0.2) is 0 Å². The lowest BCUT2D eigenvalue weighted by Gasteiger charge is -2.26. The Bertz CT molecular complexity index is 176. The predicted molar refractivity (Wildman–Crippen MR) is 55.1 cm³/mol. The van der Waals surface area contributed by atoms with Crippen LogP contribution >= 0.6 is 0 Å². The summed E-state index contributed by atoms with van der Waals surface area (Å²) in [5.74, 6) is 0. The largest absolute Gasteiger partial charge is 0.0837 e. The van der Waals surface area contributed by atoms with Gasteiger partial charge in [-0.15, -0.1) is 0 Å². The molecule has 0 heteroatoms. The lowest BCUT2D eigenvalue weighted by atomic mass is 9.79. The Balaban J connectivity index is 2.29. The molecule has 12 heavy (non-hydrogen) atoms. The molecule has 0 saturated carbocycles. The fourth-order valence-electron chi connectivity index (χ4n) is 1.74. The van der Waals surface area contributed by atoms with E-state index in [1.807, 2.05) is 0 Å². The Morgan fingerprint density at radius 1 is 1.25 bits per heavy atom. The maximum absolute atomic E-state index is 2.36. The van der Waals surface area contributed by atoms with Crippen molar-refractivity contribution in [2.24, 2.45) is 5.41 Å². The van der Waals surface area contributed by atoms with Crippen LogP contribution in [-0.4, -0.2) is 0 Å². The highest BCUT2D eigenvalue weighted by Gasteiger charge is 2.19. The summed E-state index contributed by atoms with van der Waals surface area (Å²) in [4.78, 5) is 0. The summed E-state index contributed by atoms with van der Waals surface area (Å²) in [6.07, 6.45) is 15.7. The van der Waals surface area contributed by atoms with E-state index in [2.05, 4.69) is 38.2 Å². The molecule has 0 aromatic carbocycles. The first-order valence-corrected chi connectivity index (χ1v) is 5.11. The Morgan fingerprint density at radius 3 is 2.67 bits per heavy atom. The zero-order valence-electron chi connectivity index (χ0n) is 8.34. The molecule has 0 heterocycles. The van der Waals surface area contributed by atoms with Gasteiger partial charge < -0.3 is 0 Å². The molecule has 0 radical (unpaired) electrons.